The molecular weight excluding hydrogens is 170 g/mol. The van der Waals surface area contributed by atoms with Crippen molar-refractivity contribution in [3.63, 3.8) is 0 Å². The molecule has 0 aliphatic carbocycles. The molecule has 0 radical (unpaired) electrons. The van der Waals surface area contributed by atoms with E-state index in [0.29, 0.717) is 5.56 Å². The van der Waals surface area contributed by atoms with Crippen LogP contribution in [0.3, 0.4) is 0 Å². The van der Waals surface area contributed by atoms with Crippen LogP contribution in [0.1, 0.15) is 15.9 Å². The van der Waals surface area contributed by atoms with E-state index in [1.807, 2.05) is 0 Å². The molecule has 0 aliphatic rings. The maximum atomic E-state index is 10.7. The summed E-state index contributed by atoms with van der Waals surface area (Å²) in [5.41, 5.74) is 0.613. The number of aromatic carboxylic acids is 1. The third-order valence-electron chi connectivity index (χ3n) is 1.58. The highest BCUT2D eigenvalue weighted by molar-refractivity contribution is 5.91. The van der Waals surface area contributed by atoms with Crippen LogP contribution in [-0.4, -0.2) is 23.2 Å². The number of carboxylic acids is 1. The summed E-state index contributed by atoms with van der Waals surface area (Å²) < 4.78 is 4.94. The van der Waals surface area contributed by atoms with E-state index in [-0.39, 0.29) is 11.3 Å². The lowest BCUT2D eigenvalue weighted by molar-refractivity contribution is 0.0693. The van der Waals surface area contributed by atoms with Crippen LogP contribution < -0.4 is 4.74 Å². The summed E-state index contributed by atoms with van der Waals surface area (Å²) in [7, 11) is 1.41. The first kappa shape index (κ1) is 9.25. The lowest BCUT2D eigenvalue weighted by Gasteiger charge is -2.06. The van der Waals surface area contributed by atoms with Crippen LogP contribution in [-0.2, 0) is 0 Å². The molecule has 0 unspecified atom stereocenters. The van der Waals surface area contributed by atoms with Gasteiger partial charge in [0.25, 0.3) is 0 Å². The van der Waals surface area contributed by atoms with Crippen LogP contribution in [0.5, 0.6) is 5.75 Å². The Morgan fingerprint density at radius 3 is 2.85 bits per heavy atom. The van der Waals surface area contributed by atoms with Crippen LogP contribution in [0.15, 0.2) is 19.0 Å². The first-order valence-electron chi connectivity index (χ1n) is 3.58. The maximum absolute atomic E-state index is 10.7. The number of pyridine rings is 1. The highest BCUT2D eigenvalue weighted by atomic mass is 16.5. The van der Waals surface area contributed by atoms with Crippen molar-refractivity contribution in [2.24, 2.45) is 0 Å². The summed E-state index contributed by atoms with van der Waals surface area (Å²) in [6, 6.07) is 0. The normalized spacial score (nSPS) is 9.31. The van der Waals surface area contributed by atoms with E-state index >= 15 is 0 Å². The number of hydrogen-bond acceptors (Lipinski definition) is 3. The van der Waals surface area contributed by atoms with Gasteiger partial charge < -0.3 is 9.84 Å². The van der Waals surface area contributed by atoms with Gasteiger partial charge in [0.2, 0.25) is 0 Å². The highest BCUT2D eigenvalue weighted by Gasteiger charge is 2.13. The number of rotatable bonds is 3. The van der Waals surface area contributed by atoms with Crippen molar-refractivity contribution in [1.82, 2.24) is 4.98 Å². The minimum Gasteiger partial charge on any atom is -0.495 e. The summed E-state index contributed by atoms with van der Waals surface area (Å²) >= 11 is 0. The Kier molecular flexibility index (Phi) is 2.64. The molecule has 0 bridgehead atoms. The molecule has 1 aromatic rings. The SMILES string of the molecule is C=Cc1cncc(C(=O)O)c1OC. The summed E-state index contributed by atoms with van der Waals surface area (Å²) in [5, 5.41) is 8.76. The summed E-state index contributed by atoms with van der Waals surface area (Å²) in [5.74, 6) is -0.773. The molecule has 1 heterocycles. The van der Waals surface area contributed by atoms with E-state index in [1.165, 1.54) is 25.6 Å². The topological polar surface area (TPSA) is 59.4 Å². The average molecular weight is 179 g/mol. The molecule has 68 valence electrons. The fraction of sp³-hybridized carbons (Fsp3) is 0.111. The Hall–Kier alpha value is -1.84. The fourth-order valence-corrected chi connectivity index (χ4v) is 0.990. The molecule has 0 aromatic carbocycles. The molecule has 4 heteroatoms. The third-order valence-corrected chi connectivity index (χ3v) is 1.58. The molecule has 0 saturated carbocycles. The van der Waals surface area contributed by atoms with Gasteiger partial charge in [-0.2, -0.15) is 0 Å². The molecule has 0 atom stereocenters. The Morgan fingerprint density at radius 2 is 2.38 bits per heavy atom. The number of aromatic nitrogens is 1. The molecule has 0 spiro atoms. The smallest absolute Gasteiger partial charge is 0.341 e. The van der Waals surface area contributed by atoms with Crippen molar-refractivity contribution in [3.05, 3.63) is 30.1 Å². The van der Waals surface area contributed by atoms with Crippen molar-refractivity contribution in [2.45, 2.75) is 0 Å². The first-order chi connectivity index (χ1) is 6.20. The lowest BCUT2D eigenvalue weighted by atomic mass is 10.2. The van der Waals surface area contributed by atoms with Gasteiger partial charge in [-0.3, -0.25) is 4.98 Å². The molecule has 0 fully saturated rings. The molecule has 0 saturated heterocycles. The van der Waals surface area contributed by atoms with Gasteiger partial charge in [0, 0.05) is 18.0 Å². The van der Waals surface area contributed by atoms with Gasteiger partial charge in [-0.15, -0.1) is 0 Å². The number of hydrogen-bond donors (Lipinski definition) is 1. The van der Waals surface area contributed by atoms with E-state index < -0.39 is 5.97 Å². The van der Waals surface area contributed by atoms with Gasteiger partial charge in [-0.05, 0) is 0 Å². The number of ether oxygens (including phenoxy) is 1. The Balaban J connectivity index is 3.35. The molecule has 1 rings (SSSR count). The van der Waals surface area contributed by atoms with E-state index in [2.05, 4.69) is 11.6 Å². The maximum Gasteiger partial charge on any atom is 0.341 e. The molecule has 0 aliphatic heterocycles. The molecule has 13 heavy (non-hydrogen) atoms. The minimum atomic E-state index is -1.06. The van der Waals surface area contributed by atoms with Crippen LogP contribution in [0.25, 0.3) is 6.08 Å². The third kappa shape index (κ3) is 1.66. The summed E-state index contributed by atoms with van der Waals surface area (Å²) in [6.45, 7) is 3.53. The van der Waals surface area contributed by atoms with Crippen LogP contribution in [0.2, 0.25) is 0 Å². The summed E-state index contributed by atoms with van der Waals surface area (Å²) in [4.78, 5) is 14.4. The first-order valence-corrected chi connectivity index (χ1v) is 3.58. The van der Waals surface area contributed by atoms with E-state index in [0.717, 1.165) is 0 Å². The zero-order chi connectivity index (χ0) is 9.84. The van der Waals surface area contributed by atoms with Gasteiger partial charge in [-0.1, -0.05) is 12.7 Å². The predicted octanol–water partition coefficient (Wildman–Crippen LogP) is 1.43. The van der Waals surface area contributed by atoms with Crippen LogP contribution >= 0.6 is 0 Å². The van der Waals surface area contributed by atoms with E-state index in [1.54, 1.807) is 0 Å². The number of nitrogens with zero attached hydrogens (tertiary/aromatic N) is 1. The second kappa shape index (κ2) is 3.71. The molecule has 1 aromatic heterocycles. The molecule has 1 N–H and O–H groups in total. The van der Waals surface area contributed by atoms with Crippen LogP contribution in [0.4, 0.5) is 0 Å². The Labute approximate surface area is 75.5 Å². The highest BCUT2D eigenvalue weighted by Crippen LogP contribution is 2.22. The second-order valence-corrected chi connectivity index (χ2v) is 2.32. The van der Waals surface area contributed by atoms with Crippen molar-refractivity contribution < 1.29 is 14.6 Å². The van der Waals surface area contributed by atoms with Gasteiger partial charge in [-0.25, -0.2) is 4.79 Å². The quantitative estimate of drug-likeness (QED) is 0.762. The van der Waals surface area contributed by atoms with E-state index in [4.69, 9.17) is 9.84 Å². The number of carbonyl (C=O) groups is 1. The van der Waals surface area contributed by atoms with Crippen LogP contribution in [0, 0.1) is 0 Å². The Bertz CT molecular complexity index is 347. The zero-order valence-corrected chi connectivity index (χ0v) is 7.15. The Morgan fingerprint density at radius 1 is 1.69 bits per heavy atom. The van der Waals surface area contributed by atoms with Crippen molar-refractivity contribution in [2.75, 3.05) is 7.11 Å². The second-order valence-electron chi connectivity index (χ2n) is 2.32. The van der Waals surface area contributed by atoms with Crippen molar-refractivity contribution >= 4 is 12.0 Å². The average Bonchev–Trinajstić information content (AvgIpc) is 2.16. The zero-order valence-electron chi connectivity index (χ0n) is 7.15. The van der Waals surface area contributed by atoms with Crippen molar-refractivity contribution in [3.8, 4) is 5.75 Å². The predicted molar refractivity (Wildman–Crippen MR) is 47.8 cm³/mol. The van der Waals surface area contributed by atoms with Gasteiger partial charge >= 0.3 is 5.97 Å². The van der Waals surface area contributed by atoms with Gasteiger partial charge in [0.15, 0.2) is 0 Å². The van der Waals surface area contributed by atoms with E-state index in [9.17, 15) is 4.79 Å². The van der Waals surface area contributed by atoms with Gasteiger partial charge in [0.1, 0.15) is 11.3 Å². The number of methoxy groups -OCH3 is 1. The largest absolute Gasteiger partial charge is 0.495 e. The number of carboxylic acid groups (broad SMARTS) is 1. The lowest BCUT2D eigenvalue weighted by Crippen LogP contribution is -2.02. The standard InChI is InChI=1S/C9H9NO3/c1-3-6-4-10-5-7(9(11)12)8(6)13-2/h3-5H,1H2,2H3,(H,11,12). The molecule has 0 amide bonds. The fourth-order valence-electron chi connectivity index (χ4n) is 0.990. The van der Waals surface area contributed by atoms with Crippen molar-refractivity contribution in [1.29, 1.82) is 0 Å². The molecule has 4 nitrogen and oxygen atoms in total. The monoisotopic (exact) mass is 179 g/mol. The molecular formula is C9H9NO3. The minimum absolute atomic E-state index is 0.0416. The van der Waals surface area contributed by atoms with Gasteiger partial charge in [0.05, 0.1) is 7.11 Å². The summed E-state index contributed by atoms with van der Waals surface area (Å²) in [6.07, 6.45) is 4.24.